The van der Waals surface area contributed by atoms with E-state index in [0.29, 0.717) is 12.5 Å². The Morgan fingerprint density at radius 1 is 1.11 bits per heavy atom. The first kappa shape index (κ1) is 15.5. The van der Waals surface area contributed by atoms with Gasteiger partial charge in [-0.15, -0.1) is 0 Å². The molecule has 1 aliphatic carbocycles. The van der Waals surface area contributed by atoms with Gasteiger partial charge in [-0.3, -0.25) is 4.79 Å². The Kier molecular flexibility index (Phi) is 7.33. The van der Waals surface area contributed by atoms with Crippen molar-refractivity contribution in [1.29, 1.82) is 0 Å². The van der Waals surface area contributed by atoms with Gasteiger partial charge in [0, 0.05) is 32.1 Å². The fourth-order valence-electron chi connectivity index (χ4n) is 2.89. The summed E-state index contributed by atoms with van der Waals surface area (Å²) >= 11 is 0. The lowest BCUT2D eigenvalue weighted by molar-refractivity contribution is -0.130. The van der Waals surface area contributed by atoms with E-state index in [9.17, 15) is 4.79 Å². The van der Waals surface area contributed by atoms with Crippen molar-refractivity contribution < 1.29 is 4.79 Å². The fraction of sp³-hybridized carbons (Fsp3) is 0.933. The van der Waals surface area contributed by atoms with Gasteiger partial charge >= 0.3 is 0 Å². The average Bonchev–Trinajstić information content (AvgIpc) is 2.41. The van der Waals surface area contributed by atoms with Crippen LogP contribution >= 0.6 is 0 Å². The molecule has 1 amide bonds. The highest BCUT2D eigenvalue weighted by Gasteiger charge is 2.19. The molecule has 1 rings (SSSR count). The van der Waals surface area contributed by atoms with Gasteiger partial charge in [-0.2, -0.15) is 0 Å². The summed E-state index contributed by atoms with van der Waals surface area (Å²) < 4.78 is 0. The molecular weight excluding hydrogens is 224 g/mol. The van der Waals surface area contributed by atoms with Crippen LogP contribution in [0.4, 0.5) is 0 Å². The molecule has 0 saturated heterocycles. The molecule has 1 fully saturated rings. The van der Waals surface area contributed by atoms with Gasteiger partial charge in [0.1, 0.15) is 0 Å². The maximum Gasteiger partial charge on any atom is 0.223 e. The Hall–Kier alpha value is -0.570. The van der Waals surface area contributed by atoms with Crippen LogP contribution < -0.4 is 5.32 Å². The molecule has 0 aliphatic heterocycles. The Morgan fingerprint density at radius 3 is 2.22 bits per heavy atom. The van der Waals surface area contributed by atoms with Gasteiger partial charge in [0.05, 0.1) is 0 Å². The molecule has 106 valence electrons. The van der Waals surface area contributed by atoms with E-state index in [1.54, 1.807) is 0 Å². The molecule has 0 aromatic rings. The summed E-state index contributed by atoms with van der Waals surface area (Å²) in [6.07, 6.45) is 7.27. The maximum atomic E-state index is 11.8. The minimum Gasteiger partial charge on any atom is -0.343 e. The number of nitrogens with one attached hydrogen (secondary N) is 1. The van der Waals surface area contributed by atoms with E-state index in [1.807, 2.05) is 18.7 Å². The highest BCUT2D eigenvalue weighted by Crippen LogP contribution is 2.26. The zero-order valence-electron chi connectivity index (χ0n) is 12.4. The Balaban J connectivity index is 2.13. The van der Waals surface area contributed by atoms with Crippen LogP contribution in [0.15, 0.2) is 0 Å². The molecule has 0 unspecified atom stereocenters. The summed E-state index contributed by atoms with van der Waals surface area (Å²) in [6, 6.07) is 0.650. The topological polar surface area (TPSA) is 32.3 Å². The summed E-state index contributed by atoms with van der Waals surface area (Å²) in [5.41, 5.74) is 0. The van der Waals surface area contributed by atoms with Gasteiger partial charge in [-0.1, -0.05) is 13.3 Å². The van der Waals surface area contributed by atoms with E-state index < -0.39 is 0 Å². The lowest BCUT2D eigenvalue weighted by Gasteiger charge is -2.28. The van der Waals surface area contributed by atoms with Crippen LogP contribution in [0.5, 0.6) is 0 Å². The first-order valence-electron chi connectivity index (χ1n) is 7.72. The van der Waals surface area contributed by atoms with Crippen LogP contribution in [0.3, 0.4) is 0 Å². The van der Waals surface area contributed by atoms with Crippen molar-refractivity contribution >= 4 is 5.91 Å². The van der Waals surface area contributed by atoms with Gasteiger partial charge in [-0.25, -0.2) is 0 Å². The standard InChI is InChI=1S/C15H30N2O/c1-4-13-7-9-14(10-8-13)16-12-11-15(18)17(5-2)6-3/h13-14,16H,4-12H2,1-3H3. The van der Waals surface area contributed by atoms with E-state index in [-0.39, 0.29) is 5.91 Å². The molecule has 1 N–H and O–H groups in total. The Labute approximate surface area is 112 Å². The Bertz CT molecular complexity index is 231. The average molecular weight is 254 g/mol. The normalized spacial score (nSPS) is 23.9. The lowest BCUT2D eigenvalue weighted by atomic mass is 9.84. The first-order chi connectivity index (χ1) is 8.71. The summed E-state index contributed by atoms with van der Waals surface area (Å²) in [5, 5.41) is 3.55. The minimum absolute atomic E-state index is 0.287. The first-order valence-corrected chi connectivity index (χ1v) is 7.72. The Morgan fingerprint density at radius 2 is 1.72 bits per heavy atom. The van der Waals surface area contributed by atoms with Crippen molar-refractivity contribution in [2.75, 3.05) is 19.6 Å². The van der Waals surface area contributed by atoms with Gasteiger partial charge in [-0.05, 0) is 45.4 Å². The third-order valence-electron chi connectivity index (χ3n) is 4.31. The predicted molar refractivity (Wildman–Crippen MR) is 76.6 cm³/mol. The summed E-state index contributed by atoms with van der Waals surface area (Å²) in [4.78, 5) is 13.7. The SMILES string of the molecule is CCC1CCC(NCCC(=O)N(CC)CC)CC1. The van der Waals surface area contributed by atoms with Crippen molar-refractivity contribution in [2.45, 2.75) is 65.3 Å². The van der Waals surface area contributed by atoms with Gasteiger partial charge in [0.25, 0.3) is 0 Å². The van der Waals surface area contributed by atoms with Crippen molar-refractivity contribution in [1.82, 2.24) is 10.2 Å². The van der Waals surface area contributed by atoms with E-state index in [1.165, 1.54) is 32.1 Å². The second-order valence-corrected chi connectivity index (χ2v) is 5.40. The van der Waals surface area contributed by atoms with Crippen molar-refractivity contribution in [3.63, 3.8) is 0 Å². The minimum atomic E-state index is 0.287. The molecule has 0 bridgehead atoms. The predicted octanol–water partition coefficient (Wildman–Crippen LogP) is 2.80. The molecule has 0 aromatic carbocycles. The van der Waals surface area contributed by atoms with Crippen LogP contribution in [0.2, 0.25) is 0 Å². The number of rotatable bonds is 7. The third kappa shape index (κ3) is 4.97. The molecule has 0 atom stereocenters. The molecule has 0 heterocycles. The number of carbonyl (C=O) groups excluding carboxylic acids is 1. The quantitative estimate of drug-likeness (QED) is 0.757. The van der Waals surface area contributed by atoms with Crippen molar-refractivity contribution in [3.8, 4) is 0 Å². The van der Waals surface area contributed by atoms with Crippen LogP contribution in [0.1, 0.15) is 59.3 Å². The molecular formula is C15H30N2O. The second-order valence-electron chi connectivity index (χ2n) is 5.40. The third-order valence-corrected chi connectivity index (χ3v) is 4.31. The van der Waals surface area contributed by atoms with E-state index >= 15 is 0 Å². The second kappa shape index (κ2) is 8.52. The maximum absolute atomic E-state index is 11.8. The van der Waals surface area contributed by atoms with E-state index in [2.05, 4.69) is 12.2 Å². The zero-order valence-corrected chi connectivity index (χ0v) is 12.4. The van der Waals surface area contributed by atoms with Gasteiger partial charge in [0.2, 0.25) is 5.91 Å². The molecule has 0 radical (unpaired) electrons. The smallest absolute Gasteiger partial charge is 0.223 e. The van der Waals surface area contributed by atoms with Gasteiger partial charge < -0.3 is 10.2 Å². The number of hydrogen-bond donors (Lipinski definition) is 1. The molecule has 1 aliphatic rings. The number of carbonyl (C=O) groups is 1. The van der Waals surface area contributed by atoms with Crippen molar-refractivity contribution in [2.24, 2.45) is 5.92 Å². The number of hydrogen-bond acceptors (Lipinski definition) is 2. The molecule has 0 spiro atoms. The highest BCUT2D eigenvalue weighted by atomic mass is 16.2. The van der Waals surface area contributed by atoms with Crippen LogP contribution in [0, 0.1) is 5.92 Å². The fourth-order valence-corrected chi connectivity index (χ4v) is 2.89. The zero-order chi connectivity index (χ0) is 13.4. The monoisotopic (exact) mass is 254 g/mol. The number of nitrogens with zero attached hydrogens (tertiary/aromatic N) is 1. The summed E-state index contributed by atoms with van der Waals surface area (Å²) in [5.74, 6) is 1.23. The van der Waals surface area contributed by atoms with Crippen LogP contribution in [0.25, 0.3) is 0 Å². The molecule has 0 aromatic heterocycles. The molecule has 18 heavy (non-hydrogen) atoms. The molecule has 1 saturated carbocycles. The lowest BCUT2D eigenvalue weighted by Crippen LogP contribution is -2.37. The van der Waals surface area contributed by atoms with E-state index in [4.69, 9.17) is 0 Å². The van der Waals surface area contributed by atoms with Gasteiger partial charge in [0.15, 0.2) is 0 Å². The molecule has 3 heteroatoms. The van der Waals surface area contributed by atoms with Crippen LogP contribution in [-0.2, 0) is 4.79 Å². The van der Waals surface area contributed by atoms with Crippen LogP contribution in [-0.4, -0.2) is 36.5 Å². The summed E-state index contributed by atoms with van der Waals surface area (Å²) in [6.45, 7) is 8.88. The number of amides is 1. The van der Waals surface area contributed by atoms with E-state index in [0.717, 1.165) is 25.6 Å². The highest BCUT2D eigenvalue weighted by molar-refractivity contribution is 5.76. The van der Waals surface area contributed by atoms with Crippen molar-refractivity contribution in [3.05, 3.63) is 0 Å². The molecule has 3 nitrogen and oxygen atoms in total. The summed E-state index contributed by atoms with van der Waals surface area (Å²) in [7, 11) is 0. The largest absolute Gasteiger partial charge is 0.343 e.